The number of fused-ring (bicyclic) bond motifs is 1. The standard InChI is InChI=1S/C20H16FN5O3/c1-2-29-14-9-3-11(4-10-14)18-23-15(17(22)27)16-19(25-18)26(20(28)24-16)13-7-5-12(21)6-8-13/h3-10H,2H2,1H3,(H2,22,27)(H,24,28). The second kappa shape index (κ2) is 7.19. The zero-order chi connectivity index (χ0) is 20.5. The van der Waals surface area contributed by atoms with Crippen molar-refractivity contribution in [2.24, 2.45) is 5.73 Å². The van der Waals surface area contributed by atoms with Crippen LogP contribution in [0, 0.1) is 5.82 Å². The Labute approximate surface area is 163 Å². The fraction of sp³-hybridized carbons (Fsp3) is 0.100. The molecule has 0 saturated heterocycles. The van der Waals surface area contributed by atoms with Gasteiger partial charge in [0.25, 0.3) is 5.91 Å². The van der Waals surface area contributed by atoms with E-state index in [0.29, 0.717) is 23.6 Å². The number of rotatable bonds is 5. The van der Waals surface area contributed by atoms with Gasteiger partial charge in [-0.3, -0.25) is 4.79 Å². The third-order valence-electron chi connectivity index (χ3n) is 4.28. The van der Waals surface area contributed by atoms with E-state index in [1.807, 2.05) is 6.92 Å². The molecule has 0 unspecified atom stereocenters. The molecule has 9 heteroatoms. The summed E-state index contributed by atoms with van der Waals surface area (Å²) in [4.78, 5) is 35.8. The van der Waals surface area contributed by atoms with Gasteiger partial charge in [-0.25, -0.2) is 23.7 Å². The molecule has 8 nitrogen and oxygen atoms in total. The lowest BCUT2D eigenvalue weighted by Crippen LogP contribution is -2.15. The van der Waals surface area contributed by atoms with Gasteiger partial charge in [-0.05, 0) is 55.5 Å². The van der Waals surface area contributed by atoms with Crippen LogP contribution in [0.3, 0.4) is 0 Å². The molecule has 0 aliphatic rings. The minimum absolute atomic E-state index is 0.113. The molecule has 0 aliphatic heterocycles. The normalized spacial score (nSPS) is 11.0. The maximum absolute atomic E-state index is 13.3. The van der Waals surface area contributed by atoms with E-state index in [0.717, 1.165) is 0 Å². The molecule has 1 amide bonds. The van der Waals surface area contributed by atoms with Crippen LogP contribution in [-0.2, 0) is 0 Å². The van der Waals surface area contributed by atoms with Crippen LogP contribution in [0.2, 0.25) is 0 Å². The number of H-pyrrole nitrogens is 1. The summed E-state index contributed by atoms with van der Waals surface area (Å²) in [5, 5.41) is 0. The number of ether oxygens (including phenoxy) is 1. The molecule has 0 bridgehead atoms. The Morgan fingerprint density at radius 2 is 1.83 bits per heavy atom. The number of hydrogen-bond donors (Lipinski definition) is 2. The van der Waals surface area contributed by atoms with Gasteiger partial charge in [-0.1, -0.05) is 0 Å². The summed E-state index contributed by atoms with van der Waals surface area (Å²) in [6.45, 7) is 2.41. The molecular weight excluding hydrogens is 377 g/mol. The van der Waals surface area contributed by atoms with Gasteiger partial charge in [0.05, 0.1) is 12.3 Å². The molecule has 0 atom stereocenters. The smallest absolute Gasteiger partial charge is 0.332 e. The third-order valence-corrected chi connectivity index (χ3v) is 4.28. The highest BCUT2D eigenvalue weighted by atomic mass is 19.1. The third kappa shape index (κ3) is 3.33. The molecule has 2 heterocycles. The predicted molar refractivity (Wildman–Crippen MR) is 105 cm³/mol. The summed E-state index contributed by atoms with van der Waals surface area (Å²) < 4.78 is 20.0. The molecule has 146 valence electrons. The number of carbonyl (C=O) groups is 1. The first-order valence-electron chi connectivity index (χ1n) is 8.79. The van der Waals surface area contributed by atoms with E-state index in [1.165, 1.54) is 28.8 Å². The van der Waals surface area contributed by atoms with Crippen molar-refractivity contribution in [1.82, 2.24) is 19.5 Å². The van der Waals surface area contributed by atoms with Crippen LogP contribution in [0.1, 0.15) is 17.4 Å². The fourth-order valence-corrected chi connectivity index (χ4v) is 2.99. The van der Waals surface area contributed by atoms with Crippen LogP contribution in [-0.4, -0.2) is 32.0 Å². The molecule has 0 fully saturated rings. The average Bonchev–Trinajstić information content (AvgIpc) is 3.04. The Kier molecular flexibility index (Phi) is 4.55. The molecule has 29 heavy (non-hydrogen) atoms. The molecule has 4 aromatic rings. The SMILES string of the molecule is CCOc1ccc(-c2nc(C(N)=O)c3[nH]c(=O)n(-c4ccc(F)cc4)c3n2)cc1. The van der Waals surface area contributed by atoms with E-state index in [9.17, 15) is 14.0 Å². The van der Waals surface area contributed by atoms with Gasteiger partial charge in [0, 0.05) is 5.56 Å². The van der Waals surface area contributed by atoms with Gasteiger partial charge in [0.15, 0.2) is 17.2 Å². The monoisotopic (exact) mass is 393 g/mol. The van der Waals surface area contributed by atoms with E-state index in [4.69, 9.17) is 10.5 Å². The van der Waals surface area contributed by atoms with Gasteiger partial charge in [-0.2, -0.15) is 0 Å². The number of primary amides is 1. The van der Waals surface area contributed by atoms with Crippen LogP contribution in [0.5, 0.6) is 5.75 Å². The van der Waals surface area contributed by atoms with Crippen LogP contribution in [0.25, 0.3) is 28.2 Å². The van der Waals surface area contributed by atoms with Gasteiger partial charge in [-0.15, -0.1) is 0 Å². The van der Waals surface area contributed by atoms with Crippen molar-refractivity contribution in [1.29, 1.82) is 0 Å². The van der Waals surface area contributed by atoms with Crippen molar-refractivity contribution in [2.45, 2.75) is 6.92 Å². The van der Waals surface area contributed by atoms with Crippen molar-refractivity contribution in [2.75, 3.05) is 6.61 Å². The van der Waals surface area contributed by atoms with Crippen LogP contribution >= 0.6 is 0 Å². The maximum Gasteiger partial charge on any atom is 0.332 e. The first-order valence-corrected chi connectivity index (χ1v) is 8.79. The number of nitrogens with two attached hydrogens (primary N) is 1. The molecular formula is C20H16FN5O3. The number of carbonyl (C=O) groups excluding carboxylic acids is 1. The van der Waals surface area contributed by atoms with Gasteiger partial charge in [0.2, 0.25) is 0 Å². The quantitative estimate of drug-likeness (QED) is 0.540. The molecule has 0 saturated carbocycles. The molecule has 0 radical (unpaired) electrons. The Balaban J connectivity index is 1.95. The summed E-state index contributed by atoms with van der Waals surface area (Å²) in [5.74, 6) is -0.359. The highest BCUT2D eigenvalue weighted by Crippen LogP contribution is 2.24. The number of aromatic amines is 1. The topological polar surface area (TPSA) is 116 Å². The molecule has 4 rings (SSSR count). The van der Waals surface area contributed by atoms with Crippen LogP contribution in [0.15, 0.2) is 53.3 Å². The summed E-state index contributed by atoms with van der Waals surface area (Å²) in [7, 11) is 0. The van der Waals surface area contributed by atoms with E-state index in [2.05, 4.69) is 15.0 Å². The van der Waals surface area contributed by atoms with Gasteiger partial charge >= 0.3 is 5.69 Å². The minimum atomic E-state index is -0.808. The first-order chi connectivity index (χ1) is 14.0. The van der Waals surface area contributed by atoms with Crippen molar-refractivity contribution < 1.29 is 13.9 Å². The second-order valence-electron chi connectivity index (χ2n) is 6.16. The van der Waals surface area contributed by atoms with E-state index in [1.54, 1.807) is 24.3 Å². The predicted octanol–water partition coefficient (Wildman–Crippen LogP) is 2.41. The van der Waals surface area contributed by atoms with Crippen LogP contribution in [0.4, 0.5) is 4.39 Å². The number of amides is 1. The number of nitrogens with one attached hydrogen (secondary N) is 1. The van der Waals surface area contributed by atoms with Crippen molar-refractivity contribution in [3.8, 4) is 22.8 Å². The number of benzene rings is 2. The minimum Gasteiger partial charge on any atom is -0.494 e. The summed E-state index contributed by atoms with van der Waals surface area (Å²) in [6, 6.07) is 12.3. The van der Waals surface area contributed by atoms with Gasteiger partial charge < -0.3 is 15.5 Å². The zero-order valence-corrected chi connectivity index (χ0v) is 15.3. The lowest BCUT2D eigenvalue weighted by Gasteiger charge is -2.07. The number of halogens is 1. The lowest BCUT2D eigenvalue weighted by molar-refractivity contribution is 0.0997. The van der Waals surface area contributed by atoms with E-state index < -0.39 is 17.4 Å². The Hall–Kier alpha value is -4.01. The first kappa shape index (κ1) is 18.4. The van der Waals surface area contributed by atoms with Crippen molar-refractivity contribution in [3.05, 3.63) is 70.5 Å². The average molecular weight is 393 g/mol. The number of imidazole rings is 1. The van der Waals surface area contributed by atoms with Gasteiger partial charge in [0.1, 0.15) is 17.1 Å². The highest BCUT2D eigenvalue weighted by molar-refractivity contribution is 6.02. The fourth-order valence-electron chi connectivity index (χ4n) is 2.99. The second-order valence-corrected chi connectivity index (χ2v) is 6.16. The number of nitrogens with zero attached hydrogens (tertiary/aromatic N) is 3. The Bertz CT molecular complexity index is 1260. The Morgan fingerprint density at radius 1 is 1.14 bits per heavy atom. The number of aromatic nitrogens is 4. The highest BCUT2D eigenvalue weighted by Gasteiger charge is 2.20. The molecule has 3 N–H and O–H groups in total. The number of hydrogen-bond acceptors (Lipinski definition) is 5. The summed E-state index contributed by atoms with van der Waals surface area (Å²) >= 11 is 0. The molecule has 2 aromatic carbocycles. The van der Waals surface area contributed by atoms with E-state index >= 15 is 0 Å². The van der Waals surface area contributed by atoms with Crippen LogP contribution < -0.4 is 16.2 Å². The molecule has 0 aliphatic carbocycles. The lowest BCUT2D eigenvalue weighted by atomic mass is 10.2. The van der Waals surface area contributed by atoms with E-state index in [-0.39, 0.29) is 22.7 Å². The summed E-state index contributed by atoms with van der Waals surface area (Å²) in [6.07, 6.45) is 0. The summed E-state index contributed by atoms with van der Waals surface area (Å²) in [5.41, 5.74) is 6.08. The Morgan fingerprint density at radius 3 is 2.45 bits per heavy atom. The molecule has 2 aromatic heterocycles. The van der Waals surface area contributed by atoms with Crippen molar-refractivity contribution in [3.63, 3.8) is 0 Å². The molecule has 0 spiro atoms. The maximum atomic E-state index is 13.3. The zero-order valence-electron chi connectivity index (χ0n) is 15.3. The van der Waals surface area contributed by atoms with Crippen molar-refractivity contribution >= 4 is 17.1 Å². The largest absolute Gasteiger partial charge is 0.494 e.